The molecule has 2 atom stereocenters. The quantitative estimate of drug-likeness (QED) is 0.656. The van der Waals surface area contributed by atoms with Crippen LogP contribution in [0.5, 0.6) is 0 Å². The molecule has 0 saturated carbocycles. The van der Waals surface area contributed by atoms with Crippen LogP contribution in [0.15, 0.2) is 0 Å². The van der Waals surface area contributed by atoms with Crippen molar-refractivity contribution in [1.29, 1.82) is 0 Å². The average Bonchev–Trinajstić information content (AvgIpc) is 2.43. The molecule has 0 unspecified atom stereocenters. The predicted molar refractivity (Wildman–Crippen MR) is 55.6 cm³/mol. The van der Waals surface area contributed by atoms with Crippen molar-refractivity contribution in [2.45, 2.75) is 58.2 Å². The fraction of sp³-hybridized carbons (Fsp3) is 0.818. The molecule has 1 heterocycles. The van der Waals surface area contributed by atoms with Gasteiger partial charge in [-0.3, -0.25) is 4.90 Å². The third-order valence-electron chi connectivity index (χ3n) is 2.54. The van der Waals surface area contributed by atoms with E-state index in [0.717, 1.165) is 0 Å². The van der Waals surface area contributed by atoms with Gasteiger partial charge in [0.2, 0.25) is 0 Å². The van der Waals surface area contributed by atoms with Crippen LogP contribution < -0.4 is 5.11 Å². The van der Waals surface area contributed by atoms with Crippen LogP contribution in [0.1, 0.15) is 40.5 Å². The number of aliphatic carboxylic acids is 1. The van der Waals surface area contributed by atoms with E-state index in [9.17, 15) is 14.7 Å². The number of carboxylic acids is 1. The summed E-state index contributed by atoms with van der Waals surface area (Å²) < 4.78 is 5.17. The standard InChI is InChI=1S/C11H19NO4/c1-7-5-6-8(9(13)14)12(7)10(15)16-11(2,3)4/h7-8H,5-6H2,1-4H3,(H,13,14)/p-1/t7-,8+/m1/s1. The monoisotopic (exact) mass is 228 g/mol. The molecule has 16 heavy (non-hydrogen) atoms. The third kappa shape index (κ3) is 2.87. The van der Waals surface area contributed by atoms with Gasteiger partial charge in [0, 0.05) is 6.04 Å². The molecule has 1 fully saturated rings. The van der Waals surface area contributed by atoms with Gasteiger partial charge in [-0.05, 0) is 40.5 Å². The fourth-order valence-electron chi connectivity index (χ4n) is 1.84. The molecule has 0 aromatic rings. The lowest BCUT2D eigenvalue weighted by molar-refractivity contribution is -0.310. The highest BCUT2D eigenvalue weighted by Crippen LogP contribution is 2.25. The molecule has 0 aromatic carbocycles. The first-order valence-electron chi connectivity index (χ1n) is 5.44. The van der Waals surface area contributed by atoms with Crippen LogP contribution in [-0.2, 0) is 9.53 Å². The first-order chi connectivity index (χ1) is 7.22. The first kappa shape index (κ1) is 12.8. The maximum atomic E-state index is 11.8. The van der Waals surface area contributed by atoms with Gasteiger partial charge in [0.15, 0.2) is 0 Å². The van der Waals surface area contributed by atoms with Crippen LogP contribution in [0.25, 0.3) is 0 Å². The van der Waals surface area contributed by atoms with Crippen LogP contribution in [-0.4, -0.2) is 34.6 Å². The van der Waals surface area contributed by atoms with Gasteiger partial charge in [-0.25, -0.2) is 4.79 Å². The SMILES string of the molecule is C[C@@H]1CC[C@@H](C(=O)[O-])N1C(=O)OC(C)(C)C. The summed E-state index contributed by atoms with van der Waals surface area (Å²) in [6.07, 6.45) is 0.521. The maximum Gasteiger partial charge on any atom is 0.411 e. The Hall–Kier alpha value is -1.26. The summed E-state index contributed by atoms with van der Waals surface area (Å²) in [5.74, 6) is -1.21. The highest BCUT2D eigenvalue weighted by atomic mass is 16.6. The van der Waals surface area contributed by atoms with Crippen molar-refractivity contribution in [1.82, 2.24) is 4.90 Å². The lowest BCUT2D eigenvalue weighted by atomic mass is 10.2. The Morgan fingerprint density at radius 3 is 2.31 bits per heavy atom. The lowest BCUT2D eigenvalue weighted by Gasteiger charge is -2.31. The van der Waals surface area contributed by atoms with Crippen LogP contribution in [0.4, 0.5) is 4.79 Å². The fourth-order valence-corrected chi connectivity index (χ4v) is 1.84. The molecule has 0 N–H and O–H groups in total. The van der Waals surface area contributed by atoms with Gasteiger partial charge < -0.3 is 14.6 Å². The zero-order valence-electron chi connectivity index (χ0n) is 10.1. The van der Waals surface area contributed by atoms with Crippen LogP contribution in [0, 0.1) is 0 Å². The van der Waals surface area contributed by atoms with E-state index in [-0.39, 0.29) is 6.04 Å². The highest BCUT2D eigenvalue weighted by molar-refractivity contribution is 5.79. The highest BCUT2D eigenvalue weighted by Gasteiger charge is 2.37. The molecule has 0 radical (unpaired) electrons. The molecule has 1 saturated heterocycles. The Morgan fingerprint density at radius 2 is 1.88 bits per heavy atom. The number of carbonyl (C=O) groups excluding carboxylic acids is 2. The van der Waals surface area contributed by atoms with E-state index in [0.29, 0.717) is 12.8 Å². The number of ether oxygens (including phenoxy) is 1. The second-order valence-corrected chi connectivity index (χ2v) is 5.15. The Labute approximate surface area is 95.4 Å². The van der Waals surface area contributed by atoms with Crippen molar-refractivity contribution in [3.63, 3.8) is 0 Å². The third-order valence-corrected chi connectivity index (χ3v) is 2.54. The second-order valence-electron chi connectivity index (χ2n) is 5.15. The molecule has 0 spiro atoms. The molecule has 0 aromatic heterocycles. The average molecular weight is 228 g/mol. The van der Waals surface area contributed by atoms with Crippen molar-refractivity contribution in [2.24, 2.45) is 0 Å². The molecule has 1 aliphatic heterocycles. The summed E-state index contributed by atoms with van der Waals surface area (Å²) in [5.41, 5.74) is -0.615. The lowest BCUT2D eigenvalue weighted by Crippen LogP contribution is -2.50. The Bertz CT molecular complexity index is 295. The van der Waals surface area contributed by atoms with Gasteiger partial charge in [-0.1, -0.05) is 0 Å². The number of amides is 1. The van der Waals surface area contributed by atoms with Gasteiger partial charge in [-0.2, -0.15) is 0 Å². The van der Waals surface area contributed by atoms with E-state index in [4.69, 9.17) is 4.74 Å². The molecule has 1 aliphatic rings. The molecule has 0 aliphatic carbocycles. The molecule has 1 rings (SSSR count). The smallest absolute Gasteiger partial charge is 0.411 e. The molecular formula is C11H18NO4-. The van der Waals surface area contributed by atoms with Crippen molar-refractivity contribution in [3.05, 3.63) is 0 Å². The number of carbonyl (C=O) groups is 2. The van der Waals surface area contributed by atoms with Crippen molar-refractivity contribution >= 4 is 12.1 Å². The Kier molecular flexibility index (Phi) is 3.45. The first-order valence-corrected chi connectivity index (χ1v) is 5.44. The second kappa shape index (κ2) is 4.31. The Morgan fingerprint density at radius 1 is 1.31 bits per heavy atom. The van der Waals surface area contributed by atoms with Crippen LogP contribution in [0.3, 0.4) is 0 Å². The summed E-state index contributed by atoms with van der Waals surface area (Å²) in [5, 5.41) is 10.9. The normalized spacial score (nSPS) is 25.6. The number of nitrogens with zero attached hydrogens (tertiary/aromatic N) is 1. The van der Waals surface area contributed by atoms with Crippen molar-refractivity contribution in [3.8, 4) is 0 Å². The van der Waals surface area contributed by atoms with E-state index >= 15 is 0 Å². The minimum atomic E-state index is -1.21. The number of rotatable bonds is 1. The minimum absolute atomic E-state index is 0.113. The molecule has 0 bridgehead atoms. The van der Waals surface area contributed by atoms with Gasteiger partial charge in [-0.15, -0.1) is 0 Å². The molecule has 92 valence electrons. The van der Waals surface area contributed by atoms with E-state index < -0.39 is 23.7 Å². The summed E-state index contributed by atoms with van der Waals surface area (Å²) in [6, 6.07) is -0.970. The van der Waals surface area contributed by atoms with Gasteiger partial charge >= 0.3 is 6.09 Å². The van der Waals surface area contributed by atoms with E-state index in [1.54, 1.807) is 20.8 Å². The Balaban J connectivity index is 2.76. The minimum Gasteiger partial charge on any atom is -0.548 e. The molecule has 5 heteroatoms. The number of hydrogen-bond acceptors (Lipinski definition) is 4. The topological polar surface area (TPSA) is 69.7 Å². The molecule has 1 amide bonds. The zero-order valence-corrected chi connectivity index (χ0v) is 10.1. The molecule has 5 nitrogen and oxygen atoms in total. The maximum absolute atomic E-state index is 11.8. The van der Waals surface area contributed by atoms with Gasteiger partial charge in [0.25, 0.3) is 0 Å². The van der Waals surface area contributed by atoms with Gasteiger partial charge in [0.1, 0.15) is 5.60 Å². The summed E-state index contributed by atoms with van der Waals surface area (Å²) in [7, 11) is 0. The van der Waals surface area contributed by atoms with Gasteiger partial charge in [0.05, 0.1) is 12.0 Å². The zero-order chi connectivity index (χ0) is 12.5. The summed E-state index contributed by atoms with van der Waals surface area (Å²) in [6.45, 7) is 7.06. The summed E-state index contributed by atoms with van der Waals surface area (Å²) in [4.78, 5) is 23.9. The number of hydrogen-bond donors (Lipinski definition) is 0. The predicted octanol–water partition coefficient (Wildman–Crippen LogP) is 0.524. The number of likely N-dealkylation sites (tertiary alicyclic amines) is 1. The van der Waals surface area contributed by atoms with E-state index in [2.05, 4.69) is 0 Å². The van der Waals surface area contributed by atoms with Crippen LogP contribution in [0.2, 0.25) is 0 Å². The number of carboxylic acid groups (broad SMARTS) is 1. The molecular weight excluding hydrogens is 210 g/mol. The van der Waals surface area contributed by atoms with Crippen molar-refractivity contribution in [2.75, 3.05) is 0 Å². The van der Waals surface area contributed by atoms with Crippen molar-refractivity contribution < 1.29 is 19.4 Å². The van der Waals surface area contributed by atoms with Crippen LogP contribution >= 0.6 is 0 Å². The van der Waals surface area contributed by atoms with E-state index in [1.165, 1.54) is 4.90 Å². The summed E-state index contributed by atoms with van der Waals surface area (Å²) >= 11 is 0. The van der Waals surface area contributed by atoms with E-state index in [1.807, 2.05) is 6.92 Å². The largest absolute Gasteiger partial charge is 0.548 e.